The van der Waals surface area contributed by atoms with Crippen LogP contribution in [0.5, 0.6) is 0 Å². The van der Waals surface area contributed by atoms with Crippen molar-refractivity contribution in [2.75, 3.05) is 23.7 Å². The van der Waals surface area contributed by atoms with Gasteiger partial charge in [0.15, 0.2) is 5.13 Å². The molecule has 19 heavy (non-hydrogen) atoms. The van der Waals surface area contributed by atoms with E-state index in [4.69, 9.17) is 5.73 Å². The number of aromatic nitrogens is 1. The maximum absolute atomic E-state index is 12.2. The van der Waals surface area contributed by atoms with Crippen LogP contribution >= 0.6 is 11.3 Å². The largest absolute Gasteiger partial charge is 0.382 e. The Bertz CT molecular complexity index is 455. The Hall–Kier alpha value is -1.30. The fraction of sp³-hybridized carbons (Fsp3) is 0.692. The molecule has 1 saturated carbocycles. The standard InChI is InChI=1S/C13H22N4OS/c1-4-8-7-9(8)15-12(18)10-11(14)16-13(19-10)17(5-2)6-3/h8-9H,4-7,14H2,1-3H3,(H,15,18). The number of anilines is 2. The number of nitrogens with two attached hydrogens (primary N) is 1. The van der Waals surface area contributed by atoms with Gasteiger partial charge in [-0.25, -0.2) is 4.98 Å². The van der Waals surface area contributed by atoms with E-state index < -0.39 is 0 Å². The zero-order valence-corrected chi connectivity index (χ0v) is 12.6. The number of rotatable bonds is 6. The Kier molecular flexibility index (Phi) is 4.29. The molecule has 0 bridgehead atoms. The summed E-state index contributed by atoms with van der Waals surface area (Å²) < 4.78 is 0. The second-order valence-corrected chi connectivity index (χ2v) is 5.84. The molecule has 1 aromatic heterocycles. The number of carbonyl (C=O) groups excluding carboxylic acids is 1. The van der Waals surface area contributed by atoms with Crippen LogP contribution in [0, 0.1) is 5.92 Å². The fourth-order valence-electron chi connectivity index (χ4n) is 2.22. The third-order valence-corrected chi connectivity index (χ3v) is 4.78. The number of nitrogens with one attached hydrogen (secondary N) is 1. The van der Waals surface area contributed by atoms with Crippen molar-refractivity contribution < 1.29 is 4.79 Å². The molecule has 2 unspecified atom stereocenters. The predicted molar refractivity (Wildman–Crippen MR) is 79.7 cm³/mol. The van der Waals surface area contributed by atoms with Crippen LogP contribution in [0.1, 0.15) is 43.3 Å². The summed E-state index contributed by atoms with van der Waals surface area (Å²) in [5.41, 5.74) is 5.86. The molecule has 106 valence electrons. The van der Waals surface area contributed by atoms with Crippen molar-refractivity contribution in [2.45, 2.75) is 39.7 Å². The van der Waals surface area contributed by atoms with Crippen LogP contribution in [-0.2, 0) is 0 Å². The van der Waals surface area contributed by atoms with Crippen LogP contribution in [0.25, 0.3) is 0 Å². The molecule has 0 saturated heterocycles. The van der Waals surface area contributed by atoms with Crippen molar-refractivity contribution >= 4 is 28.2 Å². The van der Waals surface area contributed by atoms with E-state index in [1.165, 1.54) is 11.3 Å². The van der Waals surface area contributed by atoms with E-state index in [1.54, 1.807) is 0 Å². The summed E-state index contributed by atoms with van der Waals surface area (Å²) >= 11 is 1.38. The second kappa shape index (κ2) is 5.77. The Morgan fingerprint density at radius 3 is 2.68 bits per heavy atom. The molecule has 0 aromatic carbocycles. The minimum absolute atomic E-state index is 0.0747. The van der Waals surface area contributed by atoms with E-state index in [1.807, 2.05) is 0 Å². The van der Waals surface area contributed by atoms with Gasteiger partial charge in [-0.15, -0.1) is 0 Å². The molecule has 1 aliphatic carbocycles. The third-order valence-electron chi connectivity index (χ3n) is 3.65. The maximum Gasteiger partial charge on any atom is 0.265 e. The first kappa shape index (κ1) is 14.1. The first-order valence-corrected chi connectivity index (χ1v) is 7.74. The van der Waals surface area contributed by atoms with Gasteiger partial charge < -0.3 is 16.0 Å². The van der Waals surface area contributed by atoms with E-state index in [0.29, 0.717) is 22.7 Å². The summed E-state index contributed by atoms with van der Waals surface area (Å²) in [6.45, 7) is 8.01. The topological polar surface area (TPSA) is 71.2 Å². The molecule has 1 amide bonds. The molecule has 1 fully saturated rings. The molecule has 6 heteroatoms. The van der Waals surface area contributed by atoms with Crippen molar-refractivity contribution in [2.24, 2.45) is 5.92 Å². The van der Waals surface area contributed by atoms with Gasteiger partial charge in [-0.2, -0.15) is 0 Å². The molecule has 1 heterocycles. The highest BCUT2D eigenvalue weighted by Crippen LogP contribution is 2.34. The number of nitrogen functional groups attached to an aromatic ring is 1. The zero-order chi connectivity index (χ0) is 14.0. The van der Waals surface area contributed by atoms with Gasteiger partial charge in [0, 0.05) is 19.1 Å². The second-order valence-electron chi connectivity index (χ2n) is 4.87. The molecule has 3 N–H and O–H groups in total. The number of amides is 1. The van der Waals surface area contributed by atoms with Gasteiger partial charge >= 0.3 is 0 Å². The lowest BCUT2D eigenvalue weighted by Gasteiger charge is -2.16. The van der Waals surface area contributed by atoms with Crippen molar-refractivity contribution in [3.8, 4) is 0 Å². The lowest BCUT2D eigenvalue weighted by molar-refractivity contribution is 0.0953. The lowest BCUT2D eigenvalue weighted by Crippen LogP contribution is -2.26. The van der Waals surface area contributed by atoms with E-state index >= 15 is 0 Å². The van der Waals surface area contributed by atoms with Crippen molar-refractivity contribution in [1.82, 2.24) is 10.3 Å². The number of nitrogens with zero attached hydrogens (tertiary/aromatic N) is 2. The minimum Gasteiger partial charge on any atom is -0.382 e. The van der Waals surface area contributed by atoms with Gasteiger partial charge in [0.2, 0.25) is 0 Å². The first-order valence-electron chi connectivity index (χ1n) is 6.92. The van der Waals surface area contributed by atoms with Gasteiger partial charge in [-0.3, -0.25) is 4.79 Å². The zero-order valence-electron chi connectivity index (χ0n) is 11.8. The summed E-state index contributed by atoms with van der Waals surface area (Å²) in [7, 11) is 0. The van der Waals surface area contributed by atoms with Crippen LogP contribution in [0.4, 0.5) is 10.9 Å². The van der Waals surface area contributed by atoms with Crippen LogP contribution < -0.4 is 16.0 Å². The minimum atomic E-state index is -0.0747. The van der Waals surface area contributed by atoms with Crippen LogP contribution in [0.2, 0.25) is 0 Å². The van der Waals surface area contributed by atoms with Crippen molar-refractivity contribution in [1.29, 1.82) is 0 Å². The molecule has 2 rings (SSSR count). The normalized spacial score (nSPS) is 21.2. The van der Waals surface area contributed by atoms with Gasteiger partial charge in [0.1, 0.15) is 10.7 Å². The quantitative estimate of drug-likeness (QED) is 0.838. The van der Waals surface area contributed by atoms with Gasteiger partial charge in [0.05, 0.1) is 0 Å². The predicted octanol–water partition coefficient (Wildman–Crippen LogP) is 2.10. The highest BCUT2D eigenvalue weighted by molar-refractivity contribution is 7.18. The monoisotopic (exact) mass is 282 g/mol. The molecule has 5 nitrogen and oxygen atoms in total. The van der Waals surface area contributed by atoms with Gasteiger partial charge in [-0.1, -0.05) is 24.7 Å². The van der Waals surface area contributed by atoms with E-state index in [2.05, 4.69) is 36.0 Å². The molecule has 1 aliphatic rings. The van der Waals surface area contributed by atoms with Gasteiger partial charge in [-0.05, 0) is 26.2 Å². The van der Waals surface area contributed by atoms with Crippen LogP contribution in [-0.4, -0.2) is 30.0 Å². The highest BCUT2D eigenvalue weighted by Gasteiger charge is 2.37. The van der Waals surface area contributed by atoms with E-state index in [9.17, 15) is 4.79 Å². The SMILES string of the molecule is CCC1CC1NC(=O)c1sc(N(CC)CC)nc1N. The Morgan fingerprint density at radius 2 is 2.16 bits per heavy atom. The summed E-state index contributed by atoms with van der Waals surface area (Å²) in [6, 6.07) is 0.330. The van der Waals surface area contributed by atoms with Crippen molar-refractivity contribution in [3.05, 3.63) is 4.88 Å². The summed E-state index contributed by atoms with van der Waals surface area (Å²) in [6.07, 6.45) is 2.21. The molecular formula is C13H22N4OS. The molecule has 0 radical (unpaired) electrons. The Balaban J connectivity index is 2.05. The molecule has 0 aliphatic heterocycles. The Labute approximate surface area is 118 Å². The van der Waals surface area contributed by atoms with Crippen LogP contribution in [0.3, 0.4) is 0 Å². The molecule has 1 aromatic rings. The number of hydrogen-bond donors (Lipinski definition) is 2. The smallest absolute Gasteiger partial charge is 0.265 e. The summed E-state index contributed by atoms with van der Waals surface area (Å²) in [5.74, 6) is 0.910. The van der Waals surface area contributed by atoms with E-state index in [0.717, 1.165) is 31.1 Å². The lowest BCUT2D eigenvalue weighted by atomic mass is 10.3. The summed E-state index contributed by atoms with van der Waals surface area (Å²) in [5, 5.41) is 3.86. The maximum atomic E-state index is 12.2. The fourth-order valence-corrected chi connectivity index (χ4v) is 3.24. The molecule has 0 spiro atoms. The van der Waals surface area contributed by atoms with Crippen molar-refractivity contribution in [3.63, 3.8) is 0 Å². The molecular weight excluding hydrogens is 260 g/mol. The van der Waals surface area contributed by atoms with Crippen LogP contribution in [0.15, 0.2) is 0 Å². The number of thiazole rings is 1. The Morgan fingerprint density at radius 1 is 1.47 bits per heavy atom. The van der Waals surface area contributed by atoms with Gasteiger partial charge in [0.25, 0.3) is 5.91 Å². The molecule has 2 atom stereocenters. The first-order chi connectivity index (χ1) is 9.10. The third kappa shape index (κ3) is 3.00. The summed E-state index contributed by atoms with van der Waals surface area (Å²) in [4.78, 5) is 19.1. The number of hydrogen-bond acceptors (Lipinski definition) is 5. The number of carbonyl (C=O) groups is 1. The highest BCUT2D eigenvalue weighted by atomic mass is 32.1. The van der Waals surface area contributed by atoms with E-state index in [-0.39, 0.29) is 5.91 Å². The average molecular weight is 282 g/mol. The average Bonchev–Trinajstić information content (AvgIpc) is 3.03.